The largest absolute Gasteiger partial charge is 0.469 e. The van der Waals surface area contributed by atoms with E-state index in [2.05, 4.69) is 16.9 Å². The summed E-state index contributed by atoms with van der Waals surface area (Å²) in [5, 5.41) is 0. The zero-order valence-electron chi connectivity index (χ0n) is 11.3. The van der Waals surface area contributed by atoms with Gasteiger partial charge in [0.15, 0.2) is 0 Å². The molecule has 4 atom stereocenters. The molecule has 3 nitrogen and oxygen atoms in total. The number of carbonyl (C=O) groups excluding carboxylic acids is 1. The van der Waals surface area contributed by atoms with Gasteiger partial charge in [0.2, 0.25) is 0 Å². The zero-order valence-corrected chi connectivity index (χ0v) is 11.3. The van der Waals surface area contributed by atoms with Gasteiger partial charge < -0.3 is 10.5 Å². The molecule has 2 saturated carbocycles. The first-order valence-corrected chi connectivity index (χ1v) is 7.19. The van der Waals surface area contributed by atoms with Crippen LogP contribution in [-0.4, -0.2) is 19.1 Å². The van der Waals surface area contributed by atoms with Crippen LogP contribution in [0.2, 0.25) is 0 Å². The number of hydrogen-bond acceptors (Lipinski definition) is 3. The van der Waals surface area contributed by atoms with E-state index >= 15 is 0 Å². The Balaban J connectivity index is 1.61. The van der Waals surface area contributed by atoms with Gasteiger partial charge in [-0.15, -0.1) is 0 Å². The normalized spacial score (nSPS) is 34.3. The fourth-order valence-corrected chi connectivity index (χ4v) is 3.64. The number of rotatable bonds is 6. The van der Waals surface area contributed by atoms with E-state index in [9.17, 15) is 4.79 Å². The first kappa shape index (κ1) is 13.6. The molecule has 0 radical (unpaired) electrons. The lowest BCUT2D eigenvalue weighted by molar-refractivity contribution is -0.140. The number of methoxy groups -OCH3 is 1. The number of allylic oxidation sites excluding steroid dienone is 2. The molecule has 0 aromatic rings. The topological polar surface area (TPSA) is 52.3 Å². The highest BCUT2D eigenvalue weighted by atomic mass is 16.5. The van der Waals surface area contributed by atoms with Crippen LogP contribution in [0.15, 0.2) is 12.2 Å². The van der Waals surface area contributed by atoms with Crippen LogP contribution in [0.3, 0.4) is 0 Å². The van der Waals surface area contributed by atoms with Gasteiger partial charge in [-0.05, 0) is 56.3 Å². The molecule has 3 heteroatoms. The molecule has 18 heavy (non-hydrogen) atoms. The maximum absolute atomic E-state index is 10.9. The second-order valence-electron chi connectivity index (χ2n) is 5.75. The van der Waals surface area contributed by atoms with Crippen molar-refractivity contribution in [3.63, 3.8) is 0 Å². The van der Waals surface area contributed by atoms with Crippen LogP contribution in [0.5, 0.6) is 0 Å². The van der Waals surface area contributed by atoms with Crippen molar-refractivity contribution in [3.05, 3.63) is 12.2 Å². The molecular weight excluding hydrogens is 226 g/mol. The van der Waals surface area contributed by atoms with E-state index in [0.717, 1.165) is 31.1 Å². The molecule has 2 aliphatic carbocycles. The highest BCUT2D eigenvalue weighted by Gasteiger charge is 2.44. The van der Waals surface area contributed by atoms with Gasteiger partial charge in [-0.25, -0.2) is 0 Å². The zero-order chi connectivity index (χ0) is 13.0. The van der Waals surface area contributed by atoms with Crippen LogP contribution in [0, 0.1) is 17.8 Å². The molecule has 2 fully saturated rings. The lowest BCUT2D eigenvalue weighted by Crippen LogP contribution is -2.35. The maximum Gasteiger partial charge on any atom is 0.305 e. The van der Waals surface area contributed by atoms with Gasteiger partial charge in [0.05, 0.1) is 7.11 Å². The fourth-order valence-electron chi connectivity index (χ4n) is 3.64. The SMILES string of the molecule is COC(=O)CCC/C=C\C[C@H]1[C@@H]2CCC(C2)[C@@H]1N. The van der Waals surface area contributed by atoms with E-state index in [1.54, 1.807) is 0 Å². The van der Waals surface area contributed by atoms with Crippen LogP contribution < -0.4 is 5.73 Å². The van der Waals surface area contributed by atoms with Gasteiger partial charge >= 0.3 is 5.97 Å². The van der Waals surface area contributed by atoms with Gasteiger partial charge in [-0.3, -0.25) is 4.79 Å². The Bertz CT molecular complexity index is 312. The van der Waals surface area contributed by atoms with Gasteiger partial charge in [0.25, 0.3) is 0 Å². The maximum atomic E-state index is 10.9. The lowest BCUT2D eigenvalue weighted by Gasteiger charge is -2.27. The van der Waals surface area contributed by atoms with E-state index in [1.165, 1.54) is 26.4 Å². The molecule has 0 saturated heterocycles. The highest BCUT2D eigenvalue weighted by Crippen LogP contribution is 2.48. The Morgan fingerprint density at radius 2 is 2.11 bits per heavy atom. The predicted octanol–water partition coefficient (Wildman–Crippen LogP) is 2.65. The van der Waals surface area contributed by atoms with Gasteiger partial charge in [0, 0.05) is 12.5 Å². The monoisotopic (exact) mass is 251 g/mol. The quantitative estimate of drug-likeness (QED) is 0.448. The second-order valence-corrected chi connectivity index (χ2v) is 5.75. The van der Waals surface area contributed by atoms with Gasteiger partial charge in [-0.1, -0.05) is 12.2 Å². The van der Waals surface area contributed by atoms with Crippen molar-refractivity contribution in [2.24, 2.45) is 23.5 Å². The highest BCUT2D eigenvalue weighted by molar-refractivity contribution is 5.68. The molecule has 0 amide bonds. The number of fused-ring (bicyclic) bond motifs is 2. The predicted molar refractivity (Wildman–Crippen MR) is 71.9 cm³/mol. The molecule has 2 bridgehead atoms. The molecule has 0 aromatic heterocycles. The summed E-state index contributed by atoms with van der Waals surface area (Å²) < 4.78 is 4.61. The van der Waals surface area contributed by atoms with Crippen molar-refractivity contribution < 1.29 is 9.53 Å². The lowest BCUT2D eigenvalue weighted by atomic mass is 9.83. The van der Waals surface area contributed by atoms with Crippen LogP contribution in [0.1, 0.15) is 44.9 Å². The average molecular weight is 251 g/mol. The van der Waals surface area contributed by atoms with Crippen molar-refractivity contribution in [1.82, 2.24) is 0 Å². The summed E-state index contributed by atoms with van der Waals surface area (Å²) in [5.41, 5.74) is 6.27. The summed E-state index contributed by atoms with van der Waals surface area (Å²) in [4.78, 5) is 10.9. The van der Waals surface area contributed by atoms with Gasteiger partial charge in [-0.2, -0.15) is 0 Å². The third kappa shape index (κ3) is 3.14. The molecule has 2 N–H and O–H groups in total. The van der Waals surface area contributed by atoms with Gasteiger partial charge in [0.1, 0.15) is 0 Å². The Hall–Kier alpha value is -0.830. The molecular formula is C15H25NO2. The number of carbonyl (C=O) groups is 1. The van der Waals surface area contributed by atoms with Crippen molar-refractivity contribution in [2.45, 2.75) is 51.0 Å². The Morgan fingerprint density at radius 1 is 1.33 bits per heavy atom. The number of nitrogens with two attached hydrogens (primary N) is 1. The minimum atomic E-state index is -0.112. The fraction of sp³-hybridized carbons (Fsp3) is 0.800. The van der Waals surface area contributed by atoms with E-state index < -0.39 is 0 Å². The molecule has 102 valence electrons. The summed E-state index contributed by atoms with van der Waals surface area (Å²) in [6.07, 6.45) is 12.1. The first-order chi connectivity index (χ1) is 8.72. The average Bonchev–Trinajstić information content (AvgIpc) is 2.95. The number of unbranched alkanes of at least 4 members (excludes halogenated alkanes) is 1. The number of esters is 1. The smallest absolute Gasteiger partial charge is 0.305 e. The Labute approximate surface area is 110 Å². The molecule has 0 heterocycles. The van der Waals surface area contributed by atoms with Crippen molar-refractivity contribution >= 4 is 5.97 Å². The third-order valence-electron chi connectivity index (χ3n) is 4.71. The molecule has 1 unspecified atom stereocenters. The summed E-state index contributed by atoms with van der Waals surface area (Å²) in [6, 6.07) is 0.434. The van der Waals surface area contributed by atoms with Crippen LogP contribution >= 0.6 is 0 Å². The molecule has 0 spiro atoms. The summed E-state index contributed by atoms with van der Waals surface area (Å²) in [6.45, 7) is 0. The van der Waals surface area contributed by atoms with Crippen molar-refractivity contribution in [3.8, 4) is 0 Å². The van der Waals surface area contributed by atoms with E-state index in [4.69, 9.17) is 5.73 Å². The molecule has 2 rings (SSSR count). The molecule has 0 aliphatic heterocycles. The Morgan fingerprint density at radius 3 is 2.78 bits per heavy atom. The van der Waals surface area contributed by atoms with E-state index in [0.29, 0.717) is 18.4 Å². The van der Waals surface area contributed by atoms with Crippen LogP contribution in [-0.2, 0) is 9.53 Å². The summed E-state index contributed by atoms with van der Waals surface area (Å²) in [7, 11) is 1.44. The summed E-state index contributed by atoms with van der Waals surface area (Å²) in [5.74, 6) is 2.27. The number of ether oxygens (including phenoxy) is 1. The molecule has 2 aliphatic rings. The van der Waals surface area contributed by atoms with Crippen LogP contribution in [0.25, 0.3) is 0 Å². The van der Waals surface area contributed by atoms with E-state index in [1.807, 2.05) is 0 Å². The van der Waals surface area contributed by atoms with Crippen molar-refractivity contribution in [2.75, 3.05) is 7.11 Å². The standard InChI is InChI=1S/C15H25NO2/c1-18-14(17)7-5-3-2-4-6-13-11-8-9-12(10-11)15(13)16/h2,4,11-13,15H,3,5-10,16H2,1H3/b4-2-/t11-,12?,13+,15+/m1/s1. The number of hydrogen-bond donors (Lipinski definition) is 1. The van der Waals surface area contributed by atoms with E-state index in [-0.39, 0.29) is 5.97 Å². The van der Waals surface area contributed by atoms with Crippen molar-refractivity contribution in [1.29, 1.82) is 0 Å². The second kappa shape index (κ2) is 6.37. The first-order valence-electron chi connectivity index (χ1n) is 7.19. The summed E-state index contributed by atoms with van der Waals surface area (Å²) >= 11 is 0. The minimum absolute atomic E-state index is 0.112. The Kier molecular flexibility index (Phi) is 4.81. The minimum Gasteiger partial charge on any atom is -0.469 e. The molecule has 0 aromatic carbocycles. The van der Waals surface area contributed by atoms with Crippen LogP contribution in [0.4, 0.5) is 0 Å². The third-order valence-corrected chi connectivity index (χ3v) is 4.71.